The van der Waals surface area contributed by atoms with Gasteiger partial charge in [0.15, 0.2) is 0 Å². The third-order valence-electron chi connectivity index (χ3n) is 3.19. The Kier molecular flexibility index (Phi) is 4.46. The molecule has 1 fully saturated rings. The van der Waals surface area contributed by atoms with Crippen molar-refractivity contribution >= 4 is 21.6 Å². The normalized spacial score (nSPS) is 17.8. The van der Waals surface area contributed by atoms with Crippen LogP contribution in [0.1, 0.15) is 13.8 Å². The van der Waals surface area contributed by atoms with Gasteiger partial charge in [-0.05, 0) is 34.0 Å². The Labute approximate surface area is 113 Å². The zero-order chi connectivity index (χ0) is 12.3. The molecule has 0 amide bonds. The summed E-state index contributed by atoms with van der Waals surface area (Å²) in [6, 6.07) is 8.50. The number of hydrogen-bond donors (Lipinski definition) is 0. The molecule has 94 valence electrons. The summed E-state index contributed by atoms with van der Waals surface area (Å²) in [6.07, 6.45) is 0. The van der Waals surface area contributed by atoms with E-state index in [0.717, 1.165) is 19.0 Å². The first-order chi connectivity index (χ1) is 8.16. The highest BCUT2D eigenvalue weighted by molar-refractivity contribution is 9.10. The highest BCUT2D eigenvalue weighted by Gasteiger charge is 2.18. The first-order valence-corrected chi connectivity index (χ1v) is 7.18. The second-order valence-corrected chi connectivity index (χ2v) is 5.99. The number of halogens is 1. The van der Waals surface area contributed by atoms with Crippen LogP contribution in [0.4, 0.5) is 5.69 Å². The molecule has 1 heterocycles. The van der Waals surface area contributed by atoms with Crippen molar-refractivity contribution < 1.29 is 0 Å². The summed E-state index contributed by atoms with van der Waals surface area (Å²) in [4.78, 5) is 5.04. The lowest BCUT2D eigenvalue weighted by atomic mass is 10.2. The molecule has 0 unspecified atom stereocenters. The molecule has 17 heavy (non-hydrogen) atoms. The van der Waals surface area contributed by atoms with Crippen LogP contribution in [-0.2, 0) is 0 Å². The van der Waals surface area contributed by atoms with Crippen molar-refractivity contribution in [2.75, 3.05) is 37.6 Å². The molecule has 0 aliphatic carbocycles. The van der Waals surface area contributed by atoms with Gasteiger partial charge >= 0.3 is 0 Å². The molecule has 2 rings (SSSR count). The fraction of sp³-hybridized carbons (Fsp3) is 0.571. The lowest BCUT2D eigenvalue weighted by Crippen LogP contribution is -2.47. The van der Waals surface area contributed by atoms with E-state index in [1.807, 2.05) is 0 Å². The lowest BCUT2D eigenvalue weighted by Gasteiger charge is -2.37. The van der Waals surface area contributed by atoms with E-state index in [1.165, 1.54) is 29.8 Å². The largest absolute Gasteiger partial charge is 0.368 e. The van der Waals surface area contributed by atoms with E-state index in [0.29, 0.717) is 0 Å². The SMILES string of the molecule is CC(C)CN1CCN(c2ccccc2Br)CC1. The molecule has 1 aliphatic rings. The van der Waals surface area contributed by atoms with Crippen LogP contribution in [0.2, 0.25) is 0 Å². The van der Waals surface area contributed by atoms with E-state index < -0.39 is 0 Å². The predicted molar refractivity (Wildman–Crippen MR) is 77.6 cm³/mol. The molecule has 1 saturated heterocycles. The van der Waals surface area contributed by atoms with E-state index in [4.69, 9.17) is 0 Å². The van der Waals surface area contributed by atoms with Crippen molar-refractivity contribution in [3.63, 3.8) is 0 Å². The Morgan fingerprint density at radius 1 is 1.12 bits per heavy atom. The van der Waals surface area contributed by atoms with Crippen LogP contribution >= 0.6 is 15.9 Å². The maximum absolute atomic E-state index is 3.63. The second kappa shape index (κ2) is 5.87. The number of para-hydroxylation sites is 1. The summed E-state index contributed by atoms with van der Waals surface area (Å²) in [5.74, 6) is 0.769. The van der Waals surface area contributed by atoms with E-state index in [2.05, 4.69) is 63.8 Å². The molecule has 0 N–H and O–H groups in total. The van der Waals surface area contributed by atoms with Crippen molar-refractivity contribution in [2.45, 2.75) is 13.8 Å². The van der Waals surface area contributed by atoms with Crippen molar-refractivity contribution in [1.82, 2.24) is 4.90 Å². The summed E-state index contributed by atoms with van der Waals surface area (Å²) in [5.41, 5.74) is 1.33. The van der Waals surface area contributed by atoms with Crippen LogP contribution in [-0.4, -0.2) is 37.6 Å². The quantitative estimate of drug-likeness (QED) is 0.845. The van der Waals surface area contributed by atoms with Gasteiger partial charge in [-0.2, -0.15) is 0 Å². The smallest absolute Gasteiger partial charge is 0.0511 e. The zero-order valence-corrected chi connectivity index (χ0v) is 12.3. The van der Waals surface area contributed by atoms with Gasteiger partial charge in [-0.15, -0.1) is 0 Å². The fourth-order valence-electron chi connectivity index (χ4n) is 2.40. The predicted octanol–water partition coefficient (Wildman–Crippen LogP) is 3.23. The summed E-state index contributed by atoms with van der Waals surface area (Å²) in [7, 11) is 0. The molecule has 2 nitrogen and oxygen atoms in total. The summed E-state index contributed by atoms with van der Waals surface area (Å²) in [5, 5.41) is 0. The number of hydrogen-bond acceptors (Lipinski definition) is 2. The van der Waals surface area contributed by atoms with E-state index in [9.17, 15) is 0 Å². The van der Waals surface area contributed by atoms with Crippen molar-refractivity contribution in [3.05, 3.63) is 28.7 Å². The molecule has 0 radical (unpaired) electrons. The van der Waals surface area contributed by atoms with E-state index in [-0.39, 0.29) is 0 Å². The second-order valence-electron chi connectivity index (χ2n) is 5.13. The zero-order valence-electron chi connectivity index (χ0n) is 10.7. The minimum Gasteiger partial charge on any atom is -0.368 e. The Hall–Kier alpha value is -0.540. The maximum atomic E-state index is 3.63. The number of anilines is 1. The number of rotatable bonds is 3. The van der Waals surface area contributed by atoms with E-state index in [1.54, 1.807) is 0 Å². The van der Waals surface area contributed by atoms with Crippen LogP contribution in [0.3, 0.4) is 0 Å². The Morgan fingerprint density at radius 3 is 2.35 bits per heavy atom. The molecular formula is C14H21BrN2. The van der Waals surface area contributed by atoms with Gasteiger partial charge in [-0.25, -0.2) is 0 Å². The monoisotopic (exact) mass is 296 g/mol. The highest BCUT2D eigenvalue weighted by atomic mass is 79.9. The summed E-state index contributed by atoms with van der Waals surface area (Å²) >= 11 is 3.63. The van der Waals surface area contributed by atoms with Crippen LogP contribution in [0.25, 0.3) is 0 Å². The molecule has 0 atom stereocenters. The molecule has 0 spiro atoms. The highest BCUT2D eigenvalue weighted by Crippen LogP contribution is 2.26. The molecule has 1 aliphatic heterocycles. The van der Waals surface area contributed by atoms with Gasteiger partial charge in [0.05, 0.1) is 5.69 Å². The molecule has 1 aromatic rings. The molecule has 1 aromatic carbocycles. The van der Waals surface area contributed by atoms with Gasteiger partial charge in [0.2, 0.25) is 0 Å². The molecule has 0 aromatic heterocycles. The van der Waals surface area contributed by atoms with E-state index >= 15 is 0 Å². The number of piperazine rings is 1. The molecule has 0 saturated carbocycles. The van der Waals surface area contributed by atoms with Crippen molar-refractivity contribution in [2.24, 2.45) is 5.92 Å². The van der Waals surface area contributed by atoms with Crippen LogP contribution in [0, 0.1) is 5.92 Å². The van der Waals surface area contributed by atoms with Gasteiger partial charge in [0.25, 0.3) is 0 Å². The molecule has 3 heteroatoms. The van der Waals surface area contributed by atoms with Crippen molar-refractivity contribution in [3.8, 4) is 0 Å². The minimum atomic E-state index is 0.769. The van der Waals surface area contributed by atoms with Crippen molar-refractivity contribution in [1.29, 1.82) is 0 Å². The topological polar surface area (TPSA) is 6.48 Å². The standard InChI is InChI=1S/C14H21BrN2/c1-12(2)11-16-7-9-17(10-8-16)14-6-4-3-5-13(14)15/h3-6,12H,7-11H2,1-2H3. The average molecular weight is 297 g/mol. The number of benzene rings is 1. The third-order valence-corrected chi connectivity index (χ3v) is 3.86. The van der Waals surface area contributed by atoms with Crippen LogP contribution < -0.4 is 4.90 Å². The van der Waals surface area contributed by atoms with Gasteiger partial charge in [-0.3, -0.25) is 4.90 Å². The first-order valence-electron chi connectivity index (χ1n) is 6.38. The molecular weight excluding hydrogens is 276 g/mol. The Bertz CT molecular complexity index is 357. The van der Waals surface area contributed by atoms with Gasteiger partial charge in [-0.1, -0.05) is 26.0 Å². The Balaban J connectivity index is 1.93. The third kappa shape index (κ3) is 3.46. The van der Waals surface area contributed by atoms with Crippen LogP contribution in [0.5, 0.6) is 0 Å². The Morgan fingerprint density at radius 2 is 1.76 bits per heavy atom. The average Bonchev–Trinajstić information content (AvgIpc) is 2.30. The lowest BCUT2D eigenvalue weighted by molar-refractivity contribution is 0.231. The molecule has 0 bridgehead atoms. The van der Waals surface area contributed by atoms with Gasteiger partial charge in [0, 0.05) is 37.2 Å². The maximum Gasteiger partial charge on any atom is 0.0511 e. The summed E-state index contributed by atoms with van der Waals surface area (Å²) < 4.78 is 1.21. The van der Waals surface area contributed by atoms with Gasteiger partial charge in [0.1, 0.15) is 0 Å². The minimum absolute atomic E-state index is 0.769. The first kappa shape index (κ1) is 12.9. The summed E-state index contributed by atoms with van der Waals surface area (Å²) in [6.45, 7) is 10.4. The van der Waals surface area contributed by atoms with Gasteiger partial charge < -0.3 is 4.90 Å². The van der Waals surface area contributed by atoms with Crippen LogP contribution in [0.15, 0.2) is 28.7 Å². The fourth-order valence-corrected chi connectivity index (χ4v) is 2.93. The number of nitrogens with zero attached hydrogens (tertiary/aromatic N) is 2.